The third-order valence-electron chi connectivity index (χ3n) is 3.91. The zero-order chi connectivity index (χ0) is 12.8. The molecule has 1 atom stereocenters. The normalized spacial score (nSPS) is 21.5. The standard InChI is InChI=1S/C16H23NO/c1-2-15-11-7-4-8-12-17(15)13-16(18)14-9-5-3-6-10-14/h3,5-6,9-10,15H,2,4,7-8,11-13H2,1H3. The number of rotatable bonds is 4. The van der Waals surface area contributed by atoms with Crippen molar-refractivity contribution in [3.63, 3.8) is 0 Å². The lowest BCUT2D eigenvalue weighted by atomic mass is 10.1. The maximum atomic E-state index is 12.2. The maximum Gasteiger partial charge on any atom is 0.176 e. The largest absolute Gasteiger partial charge is 0.293 e. The monoisotopic (exact) mass is 245 g/mol. The van der Waals surface area contributed by atoms with Crippen LogP contribution in [0.3, 0.4) is 0 Å². The third kappa shape index (κ3) is 3.42. The molecule has 2 nitrogen and oxygen atoms in total. The fourth-order valence-corrected chi connectivity index (χ4v) is 2.81. The molecule has 0 radical (unpaired) electrons. The molecule has 98 valence electrons. The Morgan fingerprint density at radius 1 is 1.22 bits per heavy atom. The first-order chi connectivity index (χ1) is 8.81. The zero-order valence-electron chi connectivity index (χ0n) is 11.3. The van der Waals surface area contributed by atoms with Crippen molar-refractivity contribution in [3.05, 3.63) is 35.9 Å². The topological polar surface area (TPSA) is 20.3 Å². The molecule has 0 aromatic heterocycles. The summed E-state index contributed by atoms with van der Waals surface area (Å²) in [7, 11) is 0. The summed E-state index contributed by atoms with van der Waals surface area (Å²) < 4.78 is 0. The van der Waals surface area contributed by atoms with Gasteiger partial charge < -0.3 is 0 Å². The molecule has 0 N–H and O–H groups in total. The smallest absolute Gasteiger partial charge is 0.176 e. The number of likely N-dealkylation sites (tertiary alicyclic amines) is 1. The van der Waals surface area contributed by atoms with E-state index in [2.05, 4.69) is 11.8 Å². The summed E-state index contributed by atoms with van der Waals surface area (Å²) in [6.45, 7) is 3.90. The highest BCUT2D eigenvalue weighted by molar-refractivity contribution is 5.97. The van der Waals surface area contributed by atoms with E-state index in [0.29, 0.717) is 12.6 Å². The summed E-state index contributed by atoms with van der Waals surface area (Å²) in [5.74, 6) is 0.260. The predicted molar refractivity (Wildman–Crippen MR) is 74.9 cm³/mol. The second-order valence-corrected chi connectivity index (χ2v) is 5.17. The van der Waals surface area contributed by atoms with Crippen molar-refractivity contribution in [3.8, 4) is 0 Å². The minimum absolute atomic E-state index is 0.260. The van der Waals surface area contributed by atoms with Gasteiger partial charge in [-0.2, -0.15) is 0 Å². The van der Waals surface area contributed by atoms with Crippen LogP contribution in [0.4, 0.5) is 0 Å². The SMILES string of the molecule is CCC1CCCCCN1CC(=O)c1ccccc1. The van der Waals surface area contributed by atoms with Crippen LogP contribution in [0.1, 0.15) is 49.4 Å². The van der Waals surface area contributed by atoms with Crippen molar-refractivity contribution in [1.82, 2.24) is 4.90 Å². The van der Waals surface area contributed by atoms with Crippen LogP contribution in [0.2, 0.25) is 0 Å². The first kappa shape index (κ1) is 13.3. The fraction of sp³-hybridized carbons (Fsp3) is 0.562. The molecular weight excluding hydrogens is 222 g/mol. The molecule has 1 heterocycles. The Labute approximate surface area is 110 Å². The molecule has 1 fully saturated rings. The summed E-state index contributed by atoms with van der Waals surface area (Å²) in [4.78, 5) is 14.6. The molecule has 0 aliphatic carbocycles. The highest BCUT2D eigenvalue weighted by Gasteiger charge is 2.21. The Morgan fingerprint density at radius 2 is 2.00 bits per heavy atom. The van der Waals surface area contributed by atoms with Gasteiger partial charge in [-0.15, -0.1) is 0 Å². The van der Waals surface area contributed by atoms with Gasteiger partial charge in [-0.1, -0.05) is 50.1 Å². The number of carbonyl (C=O) groups is 1. The van der Waals surface area contributed by atoms with Crippen LogP contribution in [0.5, 0.6) is 0 Å². The summed E-state index contributed by atoms with van der Waals surface area (Å²) >= 11 is 0. The first-order valence-electron chi connectivity index (χ1n) is 7.13. The number of hydrogen-bond donors (Lipinski definition) is 0. The molecule has 1 unspecified atom stereocenters. The van der Waals surface area contributed by atoms with Crippen molar-refractivity contribution < 1.29 is 4.79 Å². The Kier molecular flexibility index (Phi) is 4.94. The molecule has 2 heteroatoms. The lowest BCUT2D eigenvalue weighted by Crippen LogP contribution is -2.38. The minimum Gasteiger partial charge on any atom is -0.293 e. The Bertz CT molecular complexity index is 374. The van der Waals surface area contributed by atoms with Gasteiger partial charge in [0.25, 0.3) is 0 Å². The van der Waals surface area contributed by atoms with E-state index in [1.807, 2.05) is 30.3 Å². The van der Waals surface area contributed by atoms with Gasteiger partial charge in [0, 0.05) is 11.6 Å². The summed E-state index contributed by atoms with van der Waals surface area (Å²) in [5.41, 5.74) is 0.844. The van der Waals surface area contributed by atoms with Gasteiger partial charge >= 0.3 is 0 Å². The number of hydrogen-bond acceptors (Lipinski definition) is 2. The number of benzene rings is 1. The highest BCUT2D eigenvalue weighted by Crippen LogP contribution is 2.19. The minimum atomic E-state index is 0.260. The van der Waals surface area contributed by atoms with Crippen LogP contribution in [0.25, 0.3) is 0 Å². The molecule has 0 bridgehead atoms. The van der Waals surface area contributed by atoms with Crippen molar-refractivity contribution in [2.75, 3.05) is 13.1 Å². The van der Waals surface area contributed by atoms with E-state index in [1.54, 1.807) is 0 Å². The molecule has 1 aliphatic rings. The number of Topliss-reactive ketones (excluding diaryl/α,β-unsaturated/α-hetero) is 1. The van der Waals surface area contributed by atoms with Crippen LogP contribution in [-0.2, 0) is 0 Å². The number of ketones is 1. The number of nitrogens with zero attached hydrogens (tertiary/aromatic N) is 1. The van der Waals surface area contributed by atoms with Gasteiger partial charge in [-0.3, -0.25) is 9.69 Å². The Morgan fingerprint density at radius 3 is 2.72 bits per heavy atom. The van der Waals surface area contributed by atoms with E-state index in [0.717, 1.165) is 18.5 Å². The molecule has 1 aromatic rings. The summed E-state index contributed by atoms with van der Waals surface area (Å²) in [5, 5.41) is 0. The maximum absolute atomic E-state index is 12.2. The molecule has 1 saturated heterocycles. The molecule has 0 spiro atoms. The molecule has 0 amide bonds. The second kappa shape index (κ2) is 6.69. The van der Waals surface area contributed by atoms with E-state index >= 15 is 0 Å². The Hall–Kier alpha value is -1.15. The zero-order valence-corrected chi connectivity index (χ0v) is 11.3. The molecular formula is C16H23NO. The van der Waals surface area contributed by atoms with Gasteiger partial charge in [-0.05, 0) is 25.8 Å². The first-order valence-corrected chi connectivity index (χ1v) is 7.13. The van der Waals surface area contributed by atoms with E-state index in [1.165, 1.54) is 25.7 Å². The van der Waals surface area contributed by atoms with E-state index in [-0.39, 0.29) is 5.78 Å². The van der Waals surface area contributed by atoms with Crippen LogP contribution in [0, 0.1) is 0 Å². The van der Waals surface area contributed by atoms with Crippen LogP contribution in [-0.4, -0.2) is 29.8 Å². The molecule has 0 saturated carbocycles. The van der Waals surface area contributed by atoms with Gasteiger partial charge in [0.05, 0.1) is 6.54 Å². The quantitative estimate of drug-likeness (QED) is 0.756. The van der Waals surface area contributed by atoms with Crippen molar-refractivity contribution in [2.45, 2.75) is 45.1 Å². The summed E-state index contributed by atoms with van der Waals surface area (Å²) in [6.07, 6.45) is 6.26. The van der Waals surface area contributed by atoms with Crippen LogP contribution >= 0.6 is 0 Å². The van der Waals surface area contributed by atoms with E-state index in [4.69, 9.17) is 0 Å². The van der Waals surface area contributed by atoms with Gasteiger partial charge in [0.15, 0.2) is 5.78 Å². The average Bonchev–Trinajstić information content (AvgIpc) is 2.64. The van der Waals surface area contributed by atoms with Crippen molar-refractivity contribution in [2.24, 2.45) is 0 Å². The lowest BCUT2D eigenvalue weighted by Gasteiger charge is -2.28. The average molecular weight is 245 g/mol. The van der Waals surface area contributed by atoms with E-state index < -0.39 is 0 Å². The number of carbonyl (C=O) groups excluding carboxylic acids is 1. The third-order valence-corrected chi connectivity index (χ3v) is 3.91. The fourth-order valence-electron chi connectivity index (χ4n) is 2.81. The highest BCUT2D eigenvalue weighted by atomic mass is 16.1. The Balaban J connectivity index is 2.00. The van der Waals surface area contributed by atoms with Gasteiger partial charge in [0.2, 0.25) is 0 Å². The molecule has 1 aromatic carbocycles. The van der Waals surface area contributed by atoms with Crippen molar-refractivity contribution >= 4 is 5.78 Å². The predicted octanol–water partition coefficient (Wildman–Crippen LogP) is 3.52. The van der Waals surface area contributed by atoms with Crippen LogP contribution in [0.15, 0.2) is 30.3 Å². The van der Waals surface area contributed by atoms with E-state index in [9.17, 15) is 4.79 Å². The van der Waals surface area contributed by atoms with Crippen LogP contribution < -0.4 is 0 Å². The molecule has 2 rings (SSSR count). The van der Waals surface area contributed by atoms with Gasteiger partial charge in [-0.25, -0.2) is 0 Å². The molecule has 18 heavy (non-hydrogen) atoms. The van der Waals surface area contributed by atoms with Gasteiger partial charge in [0.1, 0.15) is 0 Å². The lowest BCUT2D eigenvalue weighted by molar-refractivity contribution is 0.0890. The second-order valence-electron chi connectivity index (χ2n) is 5.17. The molecule has 1 aliphatic heterocycles. The van der Waals surface area contributed by atoms with Crippen molar-refractivity contribution in [1.29, 1.82) is 0 Å². The summed E-state index contributed by atoms with van der Waals surface area (Å²) in [6, 6.07) is 10.3.